The minimum Gasteiger partial charge on any atom is -0.298 e. The lowest BCUT2D eigenvalue weighted by atomic mass is 10.2. The van der Waals surface area contributed by atoms with E-state index in [1.165, 1.54) is 0 Å². The summed E-state index contributed by atoms with van der Waals surface area (Å²) in [6.07, 6.45) is 4.18. The summed E-state index contributed by atoms with van der Waals surface area (Å²) in [4.78, 5) is 15.5. The second-order valence-electron chi connectivity index (χ2n) is 3.96. The minimum atomic E-state index is 0.536. The molecule has 0 N–H and O–H groups in total. The van der Waals surface area contributed by atoms with Crippen LogP contribution in [0.4, 0.5) is 0 Å². The Bertz CT molecular complexity index is 764. The van der Waals surface area contributed by atoms with Crippen LogP contribution in [0.2, 0.25) is 0 Å². The van der Waals surface area contributed by atoms with Gasteiger partial charge in [0.05, 0.1) is 5.56 Å². The summed E-state index contributed by atoms with van der Waals surface area (Å²) < 4.78 is 3.43. The van der Waals surface area contributed by atoms with Gasteiger partial charge in [-0.05, 0) is 44.0 Å². The van der Waals surface area contributed by atoms with Crippen molar-refractivity contribution in [2.75, 3.05) is 0 Å². The Hall–Kier alpha value is -1.31. The summed E-state index contributed by atoms with van der Waals surface area (Å²) in [6, 6.07) is 3.71. The van der Waals surface area contributed by atoms with Crippen LogP contribution in [-0.4, -0.2) is 21.1 Å². The molecule has 3 aromatic rings. The second-order valence-corrected chi connectivity index (χ2v) is 6.48. The standard InChI is InChI=1S/C13H7Br2N3OS/c14-9-1-2-12(16-3-9)18-4-8(5-19)13(17-18)10-6-20-7-11(10)15/h1-7H. The first-order chi connectivity index (χ1) is 9.69. The van der Waals surface area contributed by atoms with Gasteiger partial charge < -0.3 is 0 Å². The number of thiophene rings is 1. The van der Waals surface area contributed by atoms with E-state index in [4.69, 9.17) is 0 Å². The molecule has 0 amide bonds. The van der Waals surface area contributed by atoms with Gasteiger partial charge >= 0.3 is 0 Å². The van der Waals surface area contributed by atoms with Crippen LogP contribution in [0.15, 0.2) is 44.2 Å². The van der Waals surface area contributed by atoms with Gasteiger partial charge in [0.25, 0.3) is 0 Å². The molecule has 0 unspecified atom stereocenters. The van der Waals surface area contributed by atoms with Gasteiger partial charge in [0.1, 0.15) is 5.69 Å². The first-order valence-corrected chi connectivity index (χ1v) is 8.11. The highest BCUT2D eigenvalue weighted by molar-refractivity contribution is 9.10. The van der Waals surface area contributed by atoms with Gasteiger partial charge in [0.2, 0.25) is 0 Å². The average Bonchev–Trinajstić information content (AvgIpc) is 3.05. The van der Waals surface area contributed by atoms with E-state index in [2.05, 4.69) is 41.9 Å². The second kappa shape index (κ2) is 5.59. The predicted molar refractivity (Wildman–Crippen MR) is 85.5 cm³/mol. The molecule has 3 heterocycles. The van der Waals surface area contributed by atoms with E-state index in [9.17, 15) is 4.79 Å². The number of aldehydes is 1. The maximum atomic E-state index is 11.2. The number of hydrogen-bond donors (Lipinski definition) is 0. The fourth-order valence-electron chi connectivity index (χ4n) is 1.75. The van der Waals surface area contributed by atoms with Gasteiger partial charge in [-0.3, -0.25) is 4.79 Å². The Morgan fingerprint density at radius 1 is 1.25 bits per heavy atom. The molecule has 0 aromatic carbocycles. The predicted octanol–water partition coefficient (Wildman–Crippen LogP) is 4.33. The molecule has 0 saturated heterocycles. The summed E-state index contributed by atoms with van der Waals surface area (Å²) >= 11 is 8.36. The first-order valence-electron chi connectivity index (χ1n) is 5.58. The SMILES string of the molecule is O=Cc1cn(-c2ccc(Br)cn2)nc1-c1cscc1Br. The molecule has 3 rings (SSSR count). The Morgan fingerprint density at radius 3 is 2.70 bits per heavy atom. The molecule has 0 bridgehead atoms. The van der Waals surface area contributed by atoms with E-state index >= 15 is 0 Å². The Kier molecular flexibility index (Phi) is 3.82. The monoisotopic (exact) mass is 411 g/mol. The van der Waals surface area contributed by atoms with Crippen molar-refractivity contribution >= 4 is 49.5 Å². The highest BCUT2D eigenvalue weighted by Crippen LogP contribution is 2.32. The van der Waals surface area contributed by atoms with Crippen LogP contribution in [0.25, 0.3) is 17.1 Å². The molecule has 0 fully saturated rings. The van der Waals surface area contributed by atoms with Crippen molar-refractivity contribution in [3.63, 3.8) is 0 Å². The lowest BCUT2D eigenvalue weighted by Gasteiger charge is -1.99. The summed E-state index contributed by atoms with van der Waals surface area (Å²) in [5.41, 5.74) is 2.10. The van der Waals surface area contributed by atoms with Crippen LogP contribution in [0, 0.1) is 0 Å². The van der Waals surface area contributed by atoms with Crippen LogP contribution in [0.3, 0.4) is 0 Å². The quantitative estimate of drug-likeness (QED) is 0.601. The average molecular weight is 413 g/mol. The van der Waals surface area contributed by atoms with Gasteiger partial charge in [0.15, 0.2) is 12.1 Å². The maximum absolute atomic E-state index is 11.2. The van der Waals surface area contributed by atoms with E-state index in [1.54, 1.807) is 28.4 Å². The van der Waals surface area contributed by atoms with E-state index < -0.39 is 0 Å². The van der Waals surface area contributed by atoms with E-state index in [1.807, 2.05) is 22.9 Å². The van der Waals surface area contributed by atoms with Gasteiger partial charge in [0, 0.05) is 37.7 Å². The normalized spacial score (nSPS) is 10.7. The lowest BCUT2D eigenvalue weighted by molar-refractivity contribution is 0.112. The Labute approximate surface area is 135 Å². The van der Waals surface area contributed by atoms with Crippen molar-refractivity contribution in [2.45, 2.75) is 0 Å². The molecule has 0 aliphatic heterocycles. The van der Waals surface area contributed by atoms with E-state index in [0.717, 1.165) is 20.8 Å². The molecule has 0 aliphatic carbocycles. The van der Waals surface area contributed by atoms with Crippen LogP contribution in [0.1, 0.15) is 10.4 Å². The molecule has 3 aromatic heterocycles. The zero-order valence-corrected chi connectivity index (χ0v) is 13.9. The van der Waals surface area contributed by atoms with Gasteiger partial charge in [-0.1, -0.05) is 0 Å². The number of halogens is 2. The summed E-state index contributed by atoms with van der Waals surface area (Å²) in [5, 5.41) is 8.38. The van der Waals surface area contributed by atoms with Crippen molar-refractivity contribution in [1.29, 1.82) is 0 Å². The molecule has 7 heteroatoms. The molecule has 20 heavy (non-hydrogen) atoms. The minimum absolute atomic E-state index is 0.536. The van der Waals surface area contributed by atoms with Crippen LogP contribution < -0.4 is 0 Å². The summed E-state index contributed by atoms with van der Waals surface area (Å²) in [6.45, 7) is 0. The van der Waals surface area contributed by atoms with Crippen molar-refractivity contribution in [1.82, 2.24) is 14.8 Å². The first kappa shape index (κ1) is 13.7. The van der Waals surface area contributed by atoms with Gasteiger partial charge in [-0.15, -0.1) is 0 Å². The zero-order chi connectivity index (χ0) is 14.1. The largest absolute Gasteiger partial charge is 0.298 e. The third kappa shape index (κ3) is 2.48. The number of carbonyl (C=O) groups is 1. The maximum Gasteiger partial charge on any atom is 0.153 e. The fraction of sp³-hybridized carbons (Fsp3) is 0. The van der Waals surface area contributed by atoms with Crippen LogP contribution in [0.5, 0.6) is 0 Å². The molecule has 0 saturated carbocycles. The molecular weight excluding hydrogens is 406 g/mol. The van der Waals surface area contributed by atoms with Crippen LogP contribution >= 0.6 is 43.2 Å². The molecule has 0 aliphatic rings. The highest BCUT2D eigenvalue weighted by Gasteiger charge is 2.15. The van der Waals surface area contributed by atoms with Crippen molar-refractivity contribution < 1.29 is 4.79 Å². The zero-order valence-electron chi connectivity index (χ0n) is 9.96. The molecule has 100 valence electrons. The highest BCUT2D eigenvalue weighted by atomic mass is 79.9. The fourth-order valence-corrected chi connectivity index (χ4v) is 3.46. The third-order valence-corrected chi connectivity index (χ3v) is 4.86. The number of rotatable bonds is 3. The van der Waals surface area contributed by atoms with Crippen molar-refractivity contribution in [2.24, 2.45) is 0 Å². The molecular formula is C13H7Br2N3OS. The van der Waals surface area contributed by atoms with Crippen LogP contribution in [-0.2, 0) is 0 Å². The number of nitrogens with zero attached hydrogens (tertiary/aromatic N) is 3. The summed E-state index contributed by atoms with van der Waals surface area (Å²) in [7, 11) is 0. The smallest absolute Gasteiger partial charge is 0.153 e. The number of carbonyl (C=O) groups excluding carboxylic acids is 1. The third-order valence-electron chi connectivity index (χ3n) is 2.69. The van der Waals surface area contributed by atoms with E-state index in [-0.39, 0.29) is 0 Å². The molecule has 4 nitrogen and oxygen atoms in total. The number of pyridine rings is 1. The number of aromatic nitrogens is 3. The molecule has 0 spiro atoms. The van der Waals surface area contributed by atoms with Crippen molar-refractivity contribution in [3.8, 4) is 17.1 Å². The van der Waals surface area contributed by atoms with E-state index in [0.29, 0.717) is 17.1 Å². The molecule has 0 atom stereocenters. The van der Waals surface area contributed by atoms with Crippen molar-refractivity contribution in [3.05, 3.63) is 49.8 Å². The molecule has 0 radical (unpaired) electrons. The topological polar surface area (TPSA) is 47.8 Å². The number of hydrogen-bond acceptors (Lipinski definition) is 4. The van der Waals surface area contributed by atoms with Gasteiger partial charge in [-0.2, -0.15) is 16.4 Å². The Balaban J connectivity index is 2.12. The van der Waals surface area contributed by atoms with Gasteiger partial charge in [-0.25, -0.2) is 9.67 Å². The summed E-state index contributed by atoms with van der Waals surface area (Å²) in [5.74, 6) is 0.661. The lowest BCUT2D eigenvalue weighted by Crippen LogP contribution is -1.97. The Morgan fingerprint density at radius 2 is 2.10 bits per heavy atom.